The zero-order valence-corrected chi connectivity index (χ0v) is 9.95. The number of hydrogen-bond acceptors (Lipinski definition) is 5. The van der Waals surface area contributed by atoms with E-state index >= 15 is 0 Å². The maximum absolute atomic E-state index is 5.86. The molecule has 2 rings (SSSR count). The van der Waals surface area contributed by atoms with Gasteiger partial charge in [-0.15, -0.1) is 0 Å². The Morgan fingerprint density at radius 2 is 2.44 bits per heavy atom. The Labute approximate surface area is 95.6 Å². The SMILES string of the molecule is CCc1noc(COC2(C)CCCNC2)n1. The molecule has 0 radical (unpaired) electrons. The predicted molar refractivity (Wildman–Crippen MR) is 59.0 cm³/mol. The van der Waals surface area contributed by atoms with E-state index in [9.17, 15) is 0 Å². The highest BCUT2D eigenvalue weighted by Gasteiger charge is 2.28. The average molecular weight is 225 g/mol. The fourth-order valence-corrected chi connectivity index (χ4v) is 1.88. The Hall–Kier alpha value is -0.940. The van der Waals surface area contributed by atoms with E-state index in [-0.39, 0.29) is 5.60 Å². The van der Waals surface area contributed by atoms with Crippen LogP contribution in [0.2, 0.25) is 0 Å². The van der Waals surface area contributed by atoms with Gasteiger partial charge in [-0.2, -0.15) is 4.98 Å². The van der Waals surface area contributed by atoms with Crippen LogP contribution >= 0.6 is 0 Å². The molecule has 5 heteroatoms. The number of aryl methyl sites for hydroxylation is 1. The number of rotatable bonds is 4. The zero-order chi connectivity index (χ0) is 11.4. The molecule has 0 aliphatic carbocycles. The number of nitrogens with zero attached hydrogens (tertiary/aromatic N) is 2. The zero-order valence-electron chi connectivity index (χ0n) is 9.95. The van der Waals surface area contributed by atoms with Gasteiger partial charge in [-0.3, -0.25) is 0 Å². The van der Waals surface area contributed by atoms with Crippen molar-refractivity contribution in [2.24, 2.45) is 0 Å². The van der Waals surface area contributed by atoms with Crippen LogP contribution in [0.4, 0.5) is 0 Å². The minimum atomic E-state index is -0.0981. The average Bonchev–Trinajstić information content (AvgIpc) is 2.75. The van der Waals surface area contributed by atoms with E-state index in [0.29, 0.717) is 12.5 Å². The highest BCUT2D eigenvalue weighted by Crippen LogP contribution is 2.21. The molecule has 0 saturated carbocycles. The maximum atomic E-state index is 5.86. The van der Waals surface area contributed by atoms with Crippen LogP contribution in [-0.2, 0) is 17.8 Å². The van der Waals surface area contributed by atoms with Crippen molar-refractivity contribution in [2.75, 3.05) is 13.1 Å². The smallest absolute Gasteiger partial charge is 0.252 e. The van der Waals surface area contributed by atoms with Crippen LogP contribution < -0.4 is 5.32 Å². The van der Waals surface area contributed by atoms with Crippen molar-refractivity contribution in [3.8, 4) is 0 Å². The number of aromatic nitrogens is 2. The van der Waals surface area contributed by atoms with Gasteiger partial charge in [-0.25, -0.2) is 0 Å². The third-order valence-corrected chi connectivity index (χ3v) is 2.93. The van der Waals surface area contributed by atoms with E-state index in [4.69, 9.17) is 9.26 Å². The molecule has 1 atom stereocenters. The molecule has 1 aliphatic heterocycles. The molecule has 1 aromatic rings. The lowest BCUT2D eigenvalue weighted by Crippen LogP contribution is -2.45. The summed E-state index contributed by atoms with van der Waals surface area (Å²) >= 11 is 0. The van der Waals surface area contributed by atoms with Crippen LogP contribution in [0, 0.1) is 0 Å². The molecule has 1 N–H and O–H groups in total. The third-order valence-electron chi connectivity index (χ3n) is 2.93. The Morgan fingerprint density at radius 1 is 1.56 bits per heavy atom. The lowest BCUT2D eigenvalue weighted by molar-refractivity contribution is -0.0654. The van der Waals surface area contributed by atoms with Crippen molar-refractivity contribution in [3.05, 3.63) is 11.7 Å². The maximum Gasteiger partial charge on any atom is 0.252 e. The second-order valence-corrected chi connectivity index (χ2v) is 4.48. The molecular weight excluding hydrogens is 206 g/mol. The summed E-state index contributed by atoms with van der Waals surface area (Å²) in [5.74, 6) is 1.31. The van der Waals surface area contributed by atoms with Crippen molar-refractivity contribution in [2.45, 2.75) is 45.3 Å². The van der Waals surface area contributed by atoms with E-state index in [2.05, 4.69) is 22.4 Å². The normalized spacial score (nSPS) is 25.9. The molecule has 1 saturated heterocycles. The van der Waals surface area contributed by atoms with E-state index in [0.717, 1.165) is 38.2 Å². The largest absolute Gasteiger partial charge is 0.364 e. The summed E-state index contributed by atoms with van der Waals surface area (Å²) in [6.45, 7) is 6.50. The molecule has 1 aromatic heterocycles. The summed E-state index contributed by atoms with van der Waals surface area (Å²) in [4.78, 5) is 4.22. The fraction of sp³-hybridized carbons (Fsp3) is 0.818. The first kappa shape index (κ1) is 11.5. The molecule has 0 amide bonds. The van der Waals surface area contributed by atoms with E-state index in [1.54, 1.807) is 0 Å². The van der Waals surface area contributed by atoms with Gasteiger partial charge in [0.25, 0.3) is 5.89 Å². The number of hydrogen-bond donors (Lipinski definition) is 1. The molecule has 0 bridgehead atoms. The van der Waals surface area contributed by atoms with Gasteiger partial charge in [0.1, 0.15) is 6.61 Å². The van der Waals surface area contributed by atoms with Crippen LogP contribution in [0.5, 0.6) is 0 Å². The van der Waals surface area contributed by atoms with Gasteiger partial charge in [-0.1, -0.05) is 12.1 Å². The van der Waals surface area contributed by atoms with Gasteiger partial charge in [-0.05, 0) is 26.3 Å². The number of piperidine rings is 1. The highest BCUT2D eigenvalue weighted by atomic mass is 16.5. The van der Waals surface area contributed by atoms with Crippen LogP contribution in [0.1, 0.15) is 38.4 Å². The molecule has 0 aromatic carbocycles. The molecule has 5 nitrogen and oxygen atoms in total. The van der Waals surface area contributed by atoms with Crippen LogP contribution in [0.25, 0.3) is 0 Å². The Bertz CT molecular complexity index is 332. The van der Waals surface area contributed by atoms with Crippen LogP contribution in [-0.4, -0.2) is 28.8 Å². The van der Waals surface area contributed by atoms with E-state index < -0.39 is 0 Å². The van der Waals surface area contributed by atoms with Crippen molar-refractivity contribution in [3.63, 3.8) is 0 Å². The molecule has 1 unspecified atom stereocenters. The van der Waals surface area contributed by atoms with Crippen LogP contribution in [0.3, 0.4) is 0 Å². The van der Waals surface area contributed by atoms with Crippen LogP contribution in [0.15, 0.2) is 4.52 Å². The summed E-state index contributed by atoms with van der Waals surface area (Å²) in [5, 5.41) is 7.18. The Kier molecular flexibility index (Phi) is 3.56. The molecule has 16 heavy (non-hydrogen) atoms. The van der Waals surface area contributed by atoms with Crippen molar-refractivity contribution in [1.82, 2.24) is 15.5 Å². The molecule has 0 spiro atoms. The van der Waals surface area contributed by atoms with Crippen molar-refractivity contribution >= 4 is 0 Å². The Morgan fingerprint density at radius 3 is 3.06 bits per heavy atom. The summed E-state index contributed by atoms with van der Waals surface area (Å²) in [7, 11) is 0. The lowest BCUT2D eigenvalue weighted by Gasteiger charge is -2.33. The predicted octanol–water partition coefficient (Wildman–Crippen LogP) is 1.29. The molecule has 1 aliphatic rings. The van der Waals surface area contributed by atoms with E-state index in [1.807, 2.05) is 6.92 Å². The monoisotopic (exact) mass is 225 g/mol. The summed E-state index contributed by atoms with van der Waals surface area (Å²) in [5.41, 5.74) is -0.0981. The molecule has 1 fully saturated rings. The van der Waals surface area contributed by atoms with Crippen molar-refractivity contribution < 1.29 is 9.26 Å². The highest BCUT2D eigenvalue weighted by molar-refractivity contribution is 4.86. The summed E-state index contributed by atoms with van der Waals surface area (Å²) < 4.78 is 10.9. The fourth-order valence-electron chi connectivity index (χ4n) is 1.88. The molecular formula is C11H19N3O2. The van der Waals surface area contributed by atoms with Gasteiger partial charge in [0, 0.05) is 13.0 Å². The van der Waals surface area contributed by atoms with Crippen molar-refractivity contribution in [1.29, 1.82) is 0 Å². The molecule has 2 heterocycles. The van der Waals surface area contributed by atoms with Gasteiger partial charge in [0.15, 0.2) is 5.82 Å². The second kappa shape index (κ2) is 4.93. The first-order valence-electron chi connectivity index (χ1n) is 5.88. The minimum Gasteiger partial charge on any atom is -0.364 e. The summed E-state index contributed by atoms with van der Waals surface area (Å²) in [6, 6.07) is 0. The first-order valence-corrected chi connectivity index (χ1v) is 5.88. The van der Waals surface area contributed by atoms with E-state index in [1.165, 1.54) is 0 Å². The van der Waals surface area contributed by atoms with Gasteiger partial charge in [0.05, 0.1) is 5.60 Å². The minimum absolute atomic E-state index is 0.0981. The van der Waals surface area contributed by atoms with Gasteiger partial charge < -0.3 is 14.6 Å². The Balaban J connectivity index is 1.86. The standard InChI is InChI=1S/C11H19N3O2/c1-3-9-13-10(16-14-9)7-15-11(2)5-4-6-12-8-11/h12H,3-8H2,1-2H3. The third kappa shape index (κ3) is 2.80. The first-order chi connectivity index (χ1) is 7.72. The topological polar surface area (TPSA) is 60.2 Å². The van der Waals surface area contributed by atoms with Gasteiger partial charge in [0.2, 0.25) is 0 Å². The lowest BCUT2D eigenvalue weighted by atomic mass is 9.96. The molecule has 90 valence electrons. The quantitative estimate of drug-likeness (QED) is 0.836. The number of nitrogens with one attached hydrogen (secondary N) is 1. The van der Waals surface area contributed by atoms with Gasteiger partial charge >= 0.3 is 0 Å². The summed E-state index contributed by atoms with van der Waals surface area (Å²) in [6.07, 6.45) is 3.03. The number of ether oxygens (including phenoxy) is 1. The second-order valence-electron chi connectivity index (χ2n) is 4.48.